The largest absolute Gasteiger partial charge is 0.462 e. The quantitative estimate of drug-likeness (QED) is 0.0263. The summed E-state index contributed by atoms with van der Waals surface area (Å²) < 4.78 is 18.3. The van der Waals surface area contributed by atoms with Crippen molar-refractivity contribution in [2.75, 3.05) is 30.0 Å². The van der Waals surface area contributed by atoms with Crippen LogP contribution < -0.4 is 10.6 Å². The van der Waals surface area contributed by atoms with Crippen molar-refractivity contribution in [3.05, 3.63) is 6.20 Å². The summed E-state index contributed by atoms with van der Waals surface area (Å²) in [6.07, 6.45) is 32.2. The van der Waals surface area contributed by atoms with Crippen LogP contribution in [0.3, 0.4) is 0 Å². The Labute approximate surface area is 444 Å². The summed E-state index contributed by atoms with van der Waals surface area (Å²) in [5.74, 6) is -1.30. The highest BCUT2D eigenvalue weighted by atomic mass is 32.2. The fraction of sp³-hybridized carbons (Fsp3) is 0.893. The molecule has 1 aliphatic rings. The van der Waals surface area contributed by atoms with E-state index in [1.165, 1.54) is 159 Å². The molecule has 73 heavy (non-hydrogen) atoms. The summed E-state index contributed by atoms with van der Waals surface area (Å²) in [6, 6.07) is -1.04. The molecule has 2 amide bonds. The lowest BCUT2D eigenvalue weighted by Gasteiger charge is -2.39. The van der Waals surface area contributed by atoms with Gasteiger partial charge < -0.3 is 45.3 Å². The number of esters is 2. The van der Waals surface area contributed by atoms with Crippen LogP contribution in [0, 0.1) is 0 Å². The summed E-state index contributed by atoms with van der Waals surface area (Å²) in [4.78, 5) is 53.3. The van der Waals surface area contributed by atoms with Crippen LogP contribution in [0.4, 0.5) is 5.82 Å². The third-order valence-electron chi connectivity index (χ3n) is 13.8. The number of thioether (sulfide) groups is 1. The fourth-order valence-electron chi connectivity index (χ4n) is 9.17. The van der Waals surface area contributed by atoms with Crippen LogP contribution in [0.1, 0.15) is 258 Å². The number of unbranched alkanes of at least 4 members (excludes halogenated alkanes) is 30. The number of aromatic nitrogens is 3. The van der Waals surface area contributed by atoms with E-state index >= 15 is 0 Å². The minimum absolute atomic E-state index is 0.0319. The summed E-state index contributed by atoms with van der Waals surface area (Å²) in [5, 5.41) is 54.3. The van der Waals surface area contributed by atoms with E-state index in [1.54, 1.807) is 0 Å². The number of anilines is 1. The molecule has 424 valence electrons. The minimum Gasteiger partial charge on any atom is -0.462 e. The minimum atomic E-state index is -1.64. The van der Waals surface area contributed by atoms with Gasteiger partial charge in [-0.1, -0.05) is 219 Å². The zero-order valence-electron chi connectivity index (χ0n) is 45.8. The van der Waals surface area contributed by atoms with Gasteiger partial charge in [0, 0.05) is 30.8 Å². The zero-order chi connectivity index (χ0) is 53.2. The van der Waals surface area contributed by atoms with Crippen LogP contribution in [-0.2, 0) is 33.4 Å². The Hall–Kier alpha value is -2.83. The highest BCUT2D eigenvalue weighted by Gasteiger charge is 2.45. The van der Waals surface area contributed by atoms with Gasteiger partial charge in [0.15, 0.2) is 12.0 Å². The molecule has 0 aliphatic carbocycles. The van der Waals surface area contributed by atoms with Gasteiger partial charge >= 0.3 is 11.9 Å². The van der Waals surface area contributed by atoms with Crippen molar-refractivity contribution in [1.82, 2.24) is 20.3 Å². The van der Waals surface area contributed by atoms with Crippen LogP contribution in [0.15, 0.2) is 6.20 Å². The molecule has 6 N–H and O–H groups in total. The fourth-order valence-corrected chi connectivity index (χ4v) is 10.2. The number of carbonyl (C=O) groups excluding carboxylic acids is 4. The molecule has 0 spiro atoms. The molecular formula is C56H103N5O11S. The highest BCUT2D eigenvalue weighted by molar-refractivity contribution is 7.99. The maximum Gasteiger partial charge on any atom is 0.306 e. The second kappa shape index (κ2) is 44.3. The van der Waals surface area contributed by atoms with Gasteiger partial charge in [-0.15, -0.1) is 5.10 Å². The van der Waals surface area contributed by atoms with Crippen molar-refractivity contribution in [2.24, 2.45) is 0 Å². The first-order valence-electron chi connectivity index (χ1n) is 29.3. The van der Waals surface area contributed by atoms with Crippen LogP contribution in [-0.4, -0.2) is 120 Å². The van der Waals surface area contributed by atoms with Crippen molar-refractivity contribution in [3.8, 4) is 0 Å². The number of ether oxygens (including phenoxy) is 3. The molecular weight excluding hydrogens is 951 g/mol. The lowest BCUT2D eigenvalue weighted by molar-refractivity contribution is -0.254. The van der Waals surface area contributed by atoms with E-state index < -0.39 is 55.3 Å². The normalized spacial score (nSPS) is 18.6. The van der Waals surface area contributed by atoms with Gasteiger partial charge in [0.1, 0.15) is 43.2 Å². The van der Waals surface area contributed by atoms with Crippen LogP contribution in [0.5, 0.6) is 0 Å². The Morgan fingerprint density at radius 2 is 1.04 bits per heavy atom. The first kappa shape index (κ1) is 66.3. The van der Waals surface area contributed by atoms with Gasteiger partial charge in [-0.3, -0.25) is 19.2 Å². The Kier molecular flexibility index (Phi) is 40.2. The Morgan fingerprint density at radius 3 is 1.51 bits per heavy atom. The SMILES string of the molecule is CCCCCCCCCCCCCC(=O)N[C@H](CSC[C@@H](COC(=O)CCCCCCCCCCCCC)OC(=O)CCCCCCCCCCCCC)C(=O)Nc1cn([C@@H]2OC(CO)C(O)C(O)C2O)nn1. The molecule has 0 saturated carbocycles. The monoisotopic (exact) mass is 1050 g/mol. The number of hydrogen-bond acceptors (Lipinski definition) is 14. The van der Waals surface area contributed by atoms with Gasteiger partial charge in [-0.2, -0.15) is 11.8 Å². The second-order valence-electron chi connectivity index (χ2n) is 20.6. The third-order valence-corrected chi connectivity index (χ3v) is 15.0. The maximum atomic E-state index is 13.9. The molecule has 7 atom stereocenters. The molecule has 16 nitrogen and oxygen atoms in total. The molecule has 0 radical (unpaired) electrons. The van der Waals surface area contributed by atoms with Crippen molar-refractivity contribution in [2.45, 2.75) is 295 Å². The third kappa shape index (κ3) is 32.4. The first-order valence-corrected chi connectivity index (χ1v) is 30.4. The lowest BCUT2D eigenvalue weighted by atomic mass is 9.98. The van der Waals surface area contributed by atoms with Crippen molar-refractivity contribution < 1.29 is 53.8 Å². The Balaban J connectivity index is 2.03. The number of carbonyl (C=O) groups is 4. The van der Waals surface area contributed by atoms with E-state index in [2.05, 4.69) is 41.7 Å². The van der Waals surface area contributed by atoms with E-state index in [1.807, 2.05) is 0 Å². The van der Waals surface area contributed by atoms with Crippen molar-refractivity contribution in [3.63, 3.8) is 0 Å². The summed E-state index contributed by atoms with van der Waals surface area (Å²) in [5.41, 5.74) is 0. The summed E-state index contributed by atoms with van der Waals surface area (Å²) >= 11 is 1.29. The van der Waals surface area contributed by atoms with E-state index in [4.69, 9.17) is 14.2 Å². The zero-order valence-corrected chi connectivity index (χ0v) is 46.6. The van der Waals surface area contributed by atoms with E-state index in [0.717, 1.165) is 62.5 Å². The molecule has 1 aliphatic heterocycles. The smallest absolute Gasteiger partial charge is 0.306 e. The first-order chi connectivity index (χ1) is 35.5. The van der Waals surface area contributed by atoms with E-state index in [9.17, 15) is 39.6 Å². The van der Waals surface area contributed by atoms with Crippen molar-refractivity contribution >= 4 is 41.3 Å². The maximum absolute atomic E-state index is 13.9. The number of amides is 2. The molecule has 0 aromatic carbocycles. The average molecular weight is 1050 g/mol. The number of hydrogen-bond donors (Lipinski definition) is 6. The predicted molar refractivity (Wildman–Crippen MR) is 291 cm³/mol. The number of rotatable bonds is 48. The Morgan fingerprint density at radius 1 is 0.603 bits per heavy atom. The van der Waals surface area contributed by atoms with E-state index in [0.29, 0.717) is 12.8 Å². The number of nitrogens with one attached hydrogen (secondary N) is 2. The predicted octanol–water partition coefficient (Wildman–Crippen LogP) is 11.0. The average Bonchev–Trinajstić information content (AvgIpc) is 3.84. The topological polar surface area (TPSA) is 232 Å². The second-order valence-corrected chi connectivity index (χ2v) is 21.7. The van der Waals surface area contributed by atoms with Gasteiger partial charge in [-0.25, -0.2) is 4.68 Å². The van der Waals surface area contributed by atoms with Crippen LogP contribution in [0.25, 0.3) is 0 Å². The molecule has 1 fully saturated rings. The molecule has 2 heterocycles. The molecule has 1 aromatic rings. The van der Waals surface area contributed by atoms with Crippen LogP contribution in [0.2, 0.25) is 0 Å². The van der Waals surface area contributed by atoms with Crippen LogP contribution >= 0.6 is 11.8 Å². The van der Waals surface area contributed by atoms with Gasteiger partial charge in [-0.05, 0) is 19.3 Å². The summed E-state index contributed by atoms with van der Waals surface area (Å²) in [6.45, 7) is 5.94. The van der Waals surface area contributed by atoms with Gasteiger partial charge in [0.05, 0.1) is 12.8 Å². The number of nitrogens with zero attached hydrogens (tertiary/aromatic N) is 3. The Bertz CT molecular complexity index is 1540. The van der Waals surface area contributed by atoms with Gasteiger partial charge in [0.2, 0.25) is 11.8 Å². The number of aliphatic hydroxyl groups excluding tert-OH is 4. The standard InChI is InChI=1S/C56H103N5O11S/c1-4-7-10-13-16-19-22-25-28-31-34-37-49(63)57-46(55(69)58-48-40-61(60-59-48)56-54(68)53(67)52(66)47(41-62)72-56)44-73-43-45(71-51(65)39-36-33-30-27-24-21-18-15-12-9-6-3)42-70-50(64)38-35-32-29-26-23-20-17-14-11-8-5-2/h40,45-47,52-54,56,62,66-68H,4-39,41-44H2,1-3H3,(H,57,63)(H,58,69)/t45-,46-,47?,52?,53?,54?,56-/m1/s1. The lowest BCUT2D eigenvalue weighted by Crippen LogP contribution is -2.56. The molecule has 1 aromatic heterocycles. The van der Waals surface area contributed by atoms with Crippen molar-refractivity contribution in [1.29, 1.82) is 0 Å². The molecule has 2 rings (SSSR count). The molecule has 0 bridgehead atoms. The van der Waals surface area contributed by atoms with E-state index in [-0.39, 0.29) is 61.0 Å². The molecule has 17 heteroatoms. The molecule has 1 saturated heterocycles. The highest BCUT2D eigenvalue weighted by Crippen LogP contribution is 2.28. The summed E-state index contributed by atoms with van der Waals surface area (Å²) in [7, 11) is 0. The molecule has 4 unspecified atom stereocenters. The van der Waals surface area contributed by atoms with Gasteiger partial charge in [0.25, 0.3) is 0 Å². The number of aliphatic hydroxyl groups is 4.